The second-order valence-corrected chi connectivity index (χ2v) is 7.19. The molecule has 1 aliphatic rings. The summed E-state index contributed by atoms with van der Waals surface area (Å²) in [5.74, 6) is -1.51. The van der Waals surface area contributed by atoms with E-state index in [2.05, 4.69) is 5.16 Å². The Morgan fingerprint density at radius 2 is 2.18 bits per heavy atom. The van der Waals surface area contributed by atoms with Crippen molar-refractivity contribution >= 4 is 23.5 Å². The predicted octanol–water partition coefficient (Wildman–Crippen LogP) is 4.39. The molecule has 0 spiro atoms. The van der Waals surface area contributed by atoms with Crippen LogP contribution in [0.4, 0.5) is 4.39 Å². The number of piperidine rings is 1. The Hall–Kier alpha value is -2.41. The molecule has 2 aromatic rings. The molecule has 2 heterocycles. The maximum atomic E-state index is 14.2. The van der Waals surface area contributed by atoms with Gasteiger partial charge in [0.25, 0.3) is 5.91 Å². The van der Waals surface area contributed by atoms with E-state index in [1.165, 1.54) is 25.1 Å². The van der Waals surface area contributed by atoms with E-state index in [4.69, 9.17) is 20.9 Å². The first kappa shape index (κ1) is 20.3. The van der Waals surface area contributed by atoms with Gasteiger partial charge in [-0.1, -0.05) is 29.7 Å². The Labute approximate surface area is 167 Å². The van der Waals surface area contributed by atoms with Crippen LogP contribution in [0.25, 0.3) is 11.3 Å². The summed E-state index contributed by atoms with van der Waals surface area (Å²) in [6, 6.07) is 4.33. The van der Waals surface area contributed by atoms with Crippen LogP contribution in [0.3, 0.4) is 0 Å². The standard InChI is InChI=1S/C20H22ClFN2O4/c1-3-13-7-4-5-10-24(13)16(25)11-27-20(26)17-12(2)28-23-19(17)18-14(21)8-6-9-15(18)22/h6,8-9,13H,3-5,7,10-11H2,1-2H3/t13-/m1/s1. The smallest absolute Gasteiger partial charge is 0.344 e. The van der Waals surface area contributed by atoms with Crippen LogP contribution in [0.1, 0.15) is 48.7 Å². The highest BCUT2D eigenvalue weighted by Gasteiger charge is 2.29. The van der Waals surface area contributed by atoms with Crippen LogP contribution in [0.15, 0.2) is 22.7 Å². The monoisotopic (exact) mass is 408 g/mol. The Bertz CT molecular complexity index is 863. The molecule has 0 N–H and O–H groups in total. The van der Waals surface area contributed by atoms with Crippen LogP contribution >= 0.6 is 11.6 Å². The maximum Gasteiger partial charge on any atom is 0.344 e. The number of likely N-dealkylation sites (tertiary alicyclic amines) is 1. The van der Waals surface area contributed by atoms with Gasteiger partial charge in [-0.3, -0.25) is 4.79 Å². The zero-order chi connectivity index (χ0) is 20.3. The van der Waals surface area contributed by atoms with Gasteiger partial charge in [0, 0.05) is 12.6 Å². The maximum absolute atomic E-state index is 14.2. The number of aromatic nitrogens is 1. The highest BCUT2D eigenvalue weighted by Crippen LogP contribution is 2.33. The molecule has 0 saturated carbocycles. The van der Waals surface area contributed by atoms with Crippen molar-refractivity contribution in [3.8, 4) is 11.3 Å². The van der Waals surface area contributed by atoms with E-state index >= 15 is 0 Å². The van der Waals surface area contributed by atoms with Crippen LogP contribution in [0.2, 0.25) is 5.02 Å². The number of halogens is 2. The largest absolute Gasteiger partial charge is 0.452 e. The van der Waals surface area contributed by atoms with Crippen molar-refractivity contribution in [2.45, 2.75) is 45.6 Å². The third-order valence-electron chi connectivity index (χ3n) is 5.01. The van der Waals surface area contributed by atoms with Crippen LogP contribution in [-0.2, 0) is 9.53 Å². The number of benzene rings is 1. The number of esters is 1. The molecular formula is C20H22ClFN2O4. The third-order valence-corrected chi connectivity index (χ3v) is 5.33. The number of nitrogens with zero attached hydrogens (tertiary/aromatic N) is 2. The number of rotatable bonds is 5. The lowest BCUT2D eigenvalue weighted by Gasteiger charge is -2.35. The summed E-state index contributed by atoms with van der Waals surface area (Å²) in [6.07, 6.45) is 3.85. The molecule has 0 aliphatic carbocycles. The van der Waals surface area contributed by atoms with Crippen molar-refractivity contribution in [2.75, 3.05) is 13.2 Å². The van der Waals surface area contributed by atoms with E-state index < -0.39 is 11.8 Å². The highest BCUT2D eigenvalue weighted by molar-refractivity contribution is 6.33. The van der Waals surface area contributed by atoms with Gasteiger partial charge in [0.2, 0.25) is 0 Å². The molecule has 3 rings (SSSR count). The molecule has 28 heavy (non-hydrogen) atoms. The Kier molecular flexibility index (Phi) is 6.34. The summed E-state index contributed by atoms with van der Waals surface area (Å²) in [5, 5.41) is 3.87. The Balaban J connectivity index is 1.77. The zero-order valence-electron chi connectivity index (χ0n) is 15.8. The van der Waals surface area contributed by atoms with Gasteiger partial charge >= 0.3 is 5.97 Å². The van der Waals surface area contributed by atoms with Crippen molar-refractivity contribution in [2.24, 2.45) is 0 Å². The van der Waals surface area contributed by atoms with Crippen molar-refractivity contribution < 1.29 is 23.2 Å². The normalized spacial score (nSPS) is 16.9. The molecular weight excluding hydrogens is 387 g/mol. The number of carbonyl (C=O) groups excluding carboxylic acids is 2. The molecule has 0 radical (unpaired) electrons. The zero-order valence-corrected chi connectivity index (χ0v) is 16.6. The minimum absolute atomic E-state index is 0.0366. The first-order valence-electron chi connectivity index (χ1n) is 9.31. The summed E-state index contributed by atoms with van der Waals surface area (Å²) >= 11 is 6.08. The molecule has 1 fully saturated rings. The van der Waals surface area contributed by atoms with E-state index in [0.29, 0.717) is 6.54 Å². The summed E-state index contributed by atoms with van der Waals surface area (Å²) in [4.78, 5) is 26.9. The topological polar surface area (TPSA) is 72.6 Å². The van der Waals surface area contributed by atoms with Gasteiger partial charge in [0.15, 0.2) is 6.61 Å². The summed E-state index contributed by atoms with van der Waals surface area (Å²) in [6.45, 7) is 3.83. The first-order chi connectivity index (χ1) is 13.4. The molecule has 1 saturated heterocycles. The van der Waals surface area contributed by atoms with Gasteiger partial charge in [0.05, 0.1) is 10.6 Å². The average molecular weight is 409 g/mol. The second kappa shape index (κ2) is 8.73. The van der Waals surface area contributed by atoms with Crippen LogP contribution in [-0.4, -0.2) is 41.1 Å². The predicted molar refractivity (Wildman–Crippen MR) is 102 cm³/mol. The number of hydrogen-bond donors (Lipinski definition) is 0. The number of amides is 1. The molecule has 0 unspecified atom stereocenters. The fraction of sp³-hybridized carbons (Fsp3) is 0.450. The SMILES string of the molecule is CC[C@@H]1CCCCN1C(=O)COC(=O)c1c(-c2c(F)cccc2Cl)noc1C. The Morgan fingerprint density at radius 1 is 1.39 bits per heavy atom. The van der Waals surface area contributed by atoms with E-state index in [1.54, 1.807) is 4.90 Å². The number of ether oxygens (including phenoxy) is 1. The van der Waals surface area contributed by atoms with Crippen molar-refractivity contribution in [3.05, 3.63) is 40.4 Å². The molecule has 0 bridgehead atoms. The van der Waals surface area contributed by atoms with Gasteiger partial charge in [-0.05, 0) is 44.7 Å². The lowest BCUT2D eigenvalue weighted by molar-refractivity contribution is -0.138. The molecule has 1 amide bonds. The first-order valence-corrected chi connectivity index (χ1v) is 9.69. The van der Waals surface area contributed by atoms with Gasteiger partial charge < -0.3 is 14.2 Å². The minimum Gasteiger partial charge on any atom is -0.452 e. The summed E-state index contributed by atoms with van der Waals surface area (Å²) < 4.78 is 24.5. The number of aryl methyl sites for hydroxylation is 1. The van der Waals surface area contributed by atoms with Gasteiger partial charge in [-0.2, -0.15) is 0 Å². The van der Waals surface area contributed by atoms with Gasteiger partial charge in [0.1, 0.15) is 22.8 Å². The molecule has 1 aliphatic heterocycles. The molecule has 8 heteroatoms. The fourth-order valence-electron chi connectivity index (χ4n) is 3.54. The average Bonchev–Trinajstić information content (AvgIpc) is 3.06. The van der Waals surface area contributed by atoms with Crippen LogP contribution in [0, 0.1) is 12.7 Å². The number of hydrogen-bond acceptors (Lipinski definition) is 5. The molecule has 6 nitrogen and oxygen atoms in total. The van der Waals surface area contributed by atoms with Gasteiger partial charge in [-0.15, -0.1) is 0 Å². The lowest BCUT2D eigenvalue weighted by Crippen LogP contribution is -2.45. The van der Waals surface area contributed by atoms with Crippen molar-refractivity contribution in [1.82, 2.24) is 10.1 Å². The van der Waals surface area contributed by atoms with Gasteiger partial charge in [-0.25, -0.2) is 9.18 Å². The molecule has 1 atom stereocenters. The third kappa shape index (κ3) is 4.04. The molecule has 1 aromatic carbocycles. The van der Waals surface area contributed by atoms with Crippen LogP contribution < -0.4 is 0 Å². The molecule has 150 valence electrons. The van der Waals surface area contributed by atoms with E-state index in [1.807, 2.05) is 6.92 Å². The van der Waals surface area contributed by atoms with E-state index in [-0.39, 0.29) is 46.2 Å². The van der Waals surface area contributed by atoms with E-state index in [9.17, 15) is 14.0 Å². The van der Waals surface area contributed by atoms with Crippen molar-refractivity contribution in [3.63, 3.8) is 0 Å². The second-order valence-electron chi connectivity index (χ2n) is 6.78. The lowest BCUT2D eigenvalue weighted by atomic mass is 10.00. The Morgan fingerprint density at radius 3 is 2.89 bits per heavy atom. The summed E-state index contributed by atoms with van der Waals surface area (Å²) in [5.41, 5.74) is -0.116. The van der Waals surface area contributed by atoms with Crippen molar-refractivity contribution in [1.29, 1.82) is 0 Å². The van der Waals surface area contributed by atoms with E-state index in [0.717, 1.165) is 25.7 Å². The fourth-order valence-corrected chi connectivity index (χ4v) is 3.80. The van der Waals surface area contributed by atoms with Crippen LogP contribution in [0.5, 0.6) is 0 Å². The quantitative estimate of drug-likeness (QED) is 0.686. The number of carbonyl (C=O) groups is 2. The molecule has 1 aromatic heterocycles. The highest BCUT2D eigenvalue weighted by atomic mass is 35.5. The minimum atomic E-state index is -0.800. The summed E-state index contributed by atoms with van der Waals surface area (Å²) in [7, 11) is 0.